The standard InChI is InChI=1S/C16H16ClNS/c1-11(2)12-6-8-15(9-7-12)18-16(19)13-4-3-5-14(17)10-13/h3-11H,1-2H3,(H,18,19). The number of rotatable bonds is 3. The molecule has 0 aliphatic carbocycles. The fourth-order valence-corrected chi connectivity index (χ4v) is 2.22. The maximum absolute atomic E-state index is 5.96. The zero-order valence-corrected chi connectivity index (χ0v) is 12.6. The smallest absolute Gasteiger partial charge is 0.111 e. The van der Waals surface area contributed by atoms with Crippen molar-refractivity contribution in [3.05, 3.63) is 64.7 Å². The van der Waals surface area contributed by atoms with Gasteiger partial charge in [0.05, 0.1) is 0 Å². The second kappa shape index (κ2) is 6.18. The average Bonchev–Trinajstić information content (AvgIpc) is 2.39. The fourth-order valence-electron chi connectivity index (χ4n) is 1.78. The molecule has 0 aliphatic heterocycles. The Labute approximate surface area is 124 Å². The van der Waals surface area contributed by atoms with E-state index in [9.17, 15) is 0 Å². The highest BCUT2D eigenvalue weighted by Gasteiger charge is 2.03. The first-order chi connectivity index (χ1) is 9.06. The molecule has 0 heterocycles. The quantitative estimate of drug-likeness (QED) is 0.774. The third-order valence-corrected chi connectivity index (χ3v) is 3.49. The number of hydrogen-bond donors (Lipinski definition) is 1. The summed E-state index contributed by atoms with van der Waals surface area (Å²) in [5.41, 5.74) is 3.24. The summed E-state index contributed by atoms with van der Waals surface area (Å²) in [4.78, 5) is 0.680. The summed E-state index contributed by atoms with van der Waals surface area (Å²) in [7, 11) is 0. The van der Waals surface area contributed by atoms with E-state index in [2.05, 4.69) is 31.3 Å². The molecule has 1 nitrogen and oxygen atoms in total. The summed E-state index contributed by atoms with van der Waals surface area (Å²) in [6.07, 6.45) is 0. The van der Waals surface area contributed by atoms with Gasteiger partial charge >= 0.3 is 0 Å². The van der Waals surface area contributed by atoms with E-state index < -0.39 is 0 Å². The van der Waals surface area contributed by atoms with Gasteiger partial charge in [0, 0.05) is 16.3 Å². The Kier molecular flexibility index (Phi) is 4.56. The van der Waals surface area contributed by atoms with Gasteiger partial charge in [-0.3, -0.25) is 0 Å². The minimum absolute atomic E-state index is 0.536. The van der Waals surface area contributed by atoms with E-state index >= 15 is 0 Å². The maximum atomic E-state index is 5.96. The van der Waals surface area contributed by atoms with Crippen molar-refractivity contribution in [2.45, 2.75) is 19.8 Å². The zero-order chi connectivity index (χ0) is 13.8. The van der Waals surface area contributed by atoms with Crippen LogP contribution in [0, 0.1) is 0 Å². The summed E-state index contributed by atoms with van der Waals surface area (Å²) in [6.45, 7) is 4.36. The predicted molar refractivity (Wildman–Crippen MR) is 87.3 cm³/mol. The zero-order valence-electron chi connectivity index (χ0n) is 11.0. The topological polar surface area (TPSA) is 12.0 Å². The van der Waals surface area contributed by atoms with E-state index in [4.69, 9.17) is 23.8 Å². The first kappa shape index (κ1) is 14.0. The molecule has 0 aliphatic rings. The molecule has 98 valence electrons. The van der Waals surface area contributed by atoms with Gasteiger partial charge in [0.2, 0.25) is 0 Å². The van der Waals surface area contributed by atoms with E-state index in [0.29, 0.717) is 15.9 Å². The van der Waals surface area contributed by atoms with Crippen LogP contribution in [0.4, 0.5) is 5.69 Å². The molecule has 0 amide bonds. The first-order valence-corrected chi connectivity index (χ1v) is 7.02. The Balaban J connectivity index is 2.10. The molecule has 2 aromatic carbocycles. The van der Waals surface area contributed by atoms with Crippen LogP contribution in [0.25, 0.3) is 0 Å². The molecule has 3 heteroatoms. The Morgan fingerprint density at radius 3 is 2.37 bits per heavy atom. The highest BCUT2D eigenvalue weighted by atomic mass is 35.5. The van der Waals surface area contributed by atoms with Gasteiger partial charge in [-0.1, -0.05) is 61.9 Å². The Morgan fingerprint density at radius 1 is 1.11 bits per heavy atom. The Hall–Kier alpha value is -1.38. The number of nitrogens with one attached hydrogen (secondary N) is 1. The molecule has 0 fully saturated rings. The van der Waals surface area contributed by atoms with E-state index in [0.717, 1.165) is 11.3 Å². The van der Waals surface area contributed by atoms with E-state index in [1.165, 1.54) is 5.56 Å². The lowest BCUT2D eigenvalue weighted by Crippen LogP contribution is -2.10. The summed E-state index contributed by atoms with van der Waals surface area (Å²) < 4.78 is 0. The van der Waals surface area contributed by atoms with Crippen molar-refractivity contribution in [1.82, 2.24) is 0 Å². The highest BCUT2D eigenvalue weighted by Crippen LogP contribution is 2.18. The average molecular weight is 290 g/mol. The third-order valence-electron chi connectivity index (χ3n) is 2.92. The van der Waals surface area contributed by atoms with Crippen LogP contribution >= 0.6 is 23.8 Å². The summed E-state index contributed by atoms with van der Waals surface area (Å²) in [6, 6.07) is 15.9. The van der Waals surface area contributed by atoms with Crippen LogP contribution in [0.2, 0.25) is 5.02 Å². The molecule has 1 N–H and O–H groups in total. The van der Waals surface area contributed by atoms with E-state index in [1.54, 1.807) is 0 Å². The number of anilines is 1. The molecular formula is C16H16ClNS. The van der Waals surface area contributed by atoms with Crippen LogP contribution in [0.5, 0.6) is 0 Å². The molecule has 0 radical (unpaired) electrons. The molecule has 2 aromatic rings. The van der Waals surface area contributed by atoms with E-state index in [-0.39, 0.29) is 0 Å². The van der Waals surface area contributed by atoms with Gasteiger partial charge in [-0.2, -0.15) is 0 Å². The van der Waals surface area contributed by atoms with Gasteiger partial charge in [-0.25, -0.2) is 0 Å². The highest BCUT2D eigenvalue weighted by molar-refractivity contribution is 7.81. The van der Waals surface area contributed by atoms with Gasteiger partial charge in [0.1, 0.15) is 4.99 Å². The minimum Gasteiger partial charge on any atom is -0.346 e. The van der Waals surface area contributed by atoms with Crippen LogP contribution in [-0.2, 0) is 0 Å². The molecule has 19 heavy (non-hydrogen) atoms. The Bertz CT molecular complexity index is 576. The summed E-state index contributed by atoms with van der Waals surface area (Å²) >= 11 is 11.3. The first-order valence-electron chi connectivity index (χ1n) is 6.23. The van der Waals surface area contributed by atoms with Crippen molar-refractivity contribution >= 4 is 34.5 Å². The molecule has 0 saturated carbocycles. The van der Waals surface area contributed by atoms with Gasteiger partial charge in [-0.05, 0) is 35.7 Å². The van der Waals surface area contributed by atoms with Crippen molar-refractivity contribution in [1.29, 1.82) is 0 Å². The van der Waals surface area contributed by atoms with Crippen LogP contribution in [0.1, 0.15) is 30.9 Å². The number of hydrogen-bond acceptors (Lipinski definition) is 1. The SMILES string of the molecule is CC(C)c1ccc(NC(=S)c2cccc(Cl)c2)cc1. The number of thiocarbonyl (C=S) groups is 1. The van der Waals surface area contributed by atoms with E-state index in [1.807, 2.05) is 36.4 Å². The summed E-state index contributed by atoms with van der Waals surface area (Å²) in [5.74, 6) is 0.536. The van der Waals surface area contributed by atoms with Crippen LogP contribution in [0.3, 0.4) is 0 Å². The van der Waals surface area contributed by atoms with Crippen LogP contribution in [-0.4, -0.2) is 4.99 Å². The van der Waals surface area contributed by atoms with Crippen LogP contribution in [0.15, 0.2) is 48.5 Å². The molecular weight excluding hydrogens is 274 g/mol. The van der Waals surface area contributed by atoms with Crippen molar-refractivity contribution in [3.63, 3.8) is 0 Å². The second-order valence-electron chi connectivity index (χ2n) is 4.74. The third kappa shape index (κ3) is 3.79. The van der Waals surface area contributed by atoms with Crippen LogP contribution < -0.4 is 5.32 Å². The molecule has 0 spiro atoms. The minimum atomic E-state index is 0.536. The van der Waals surface area contributed by atoms with Gasteiger partial charge in [0.25, 0.3) is 0 Å². The fraction of sp³-hybridized carbons (Fsp3) is 0.188. The number of benzene rings is 2. The number of halogens is 1. The van der Waals surface area contributed by atoms with Crippen molar-refractivity contribution < 1.29 is 0 Å². The maximum Gasteiger partial charge on any atom is 0.111 e. The predicted octanol–water partition coefficient (Wildman–Crippen LogP) is 5.25. The van der Waals surface area contributed by atoms with Gasteiger partial charge in [0.15, 0.2) is 0 Å². The largest absolute Gasteiger partial charge is 0.346 e. The molecule has 0 unspecified atom stereocenters. The Morgan fingerprint density at radius 2 is 1.79 bits per heavy atom. The lowest BCUT2D eigenvalue weighted by Gasteiger charge is -2.10. The van der Waals surface area contributed by atoms with Gasteiger partial charge < -0.3 is 5.32 Å². The lowest BCUT2D eigenvalue weighted by atomic mass is 10.0. The molecule has 0 bridgehead atoms. The molecule has 0 aromatic heterocycles. The molecule has 2 rings (SSSR count). The normalized spacial score (nSPS) is 10.5. The lowest BCUT2D eigenvalue weighted by molar-refractivity contribution is 0.867. The van der Waals surface area contributed by atoms with Gasteiger partial charge in [-0.15, -0.1) is 0 Å². The van der Waals surface area contributed by atoms with Crippen molar-refractivity contribution in [2.24, 2.45) is 0 Å². The monoisotopic (exact) mass is 289 g/mol. The van der Waals surface area contributed by atoms with Crippen molar-refractivity contribution in [3.8, 4) is 0 Å². The summed E-state index contributed by atoms with van der Waals surface area (Å²) in [5, 5.41) is 3.92. The molecule has 0 saturated heterocycles. The van der Waals surface area contributed by atoms with Crippen molar-refractivity contribution in [2.75, 3.05) is 5.32 Å². The second-order valence-corrected chi connectivity index (χ2v) is 5.59. The molecule has 0 atom stereocenters.